The van der Waals surface area contributed by atoms with Gasteiger partial charge in [-0.15, -0.1) is 5.06 Å². The lowest BCUT2D eigenvalue weighted by Crippen LogP contribution is -2.38. The summed E-state index contributed by atoms with van der Waals surface area (Å²) in [5.41, 5.74) is 0.212. The molecule has 1 fully saturated rings. The molecular weight excluding hydrogens is 198 g/mol. The molecule has 6 nitrogen and oxygen atoms in total. The predicted octanol–water partition coefficient (Wildman–Crippen LogP) is -0.119. The number of carbonyl (C=O) groups excluding carboxylic acids is 1. The van der Waals surface area contributed by atoms with E-state index < -0.39 is 5.97 Å². The summed E-state index contributed by atoms with van der Waals surface area (Å²) in [6, 6.07) is 0. The summed E-state index contributed by atoms with van der Waals surface area (Å²) in [4.78, 5) is 24.2. The third-order valence-electron chi connectivity index (χ3n) is 1.95. The van der Waals surface area contributed by atoms with Gasteiger partial charge in [0.1, 0.15) is 0 Å². The molecule has 15 heavy (non-hydrogen) atoms. The molecule has 0 unspecified atom stereocenters. The fraction of sp³-hybridized carbons (Fsp3) is 0.444. The van der Waals surface area contributed by atoms with E-state index in [9.17, 15) is 4.79 Å². The van der Waals surface area contributed by atoms with E-state index in [4.69, 9.17) is 9.57 Å². The van der Waals surface area contributed by atoms with Gasteiger partial charge in [0.25, 0.3) is 0 Å². The largest absolute Gasteiger partial charge is 0.379 e. The first kappa shape index (κ1) is 10.0. The van der Waals surface area contributed by atoms with Crippen LogP contribution < -0.4 is 0 Å². The molecule has 2 rings (SSSR count). The Labute approximate surface area is 86.8 Å². The second-order valence-corrected chi connectivity index (χ2v) is 3.01. The Bertz CT molecular complexity index is 325. The van der Waals surface area contributed by atoms with Gasteiger partial charge in [0.15, 0.2) is 5.69 Å². The minimum absolute atomic E-state index is 0.212. The first-order chi connectivity index (χ1) is 7.36. The molecule has 0 amide bonds. The van der Waals surface area contributed by atoms with Crippen LogP contribution >= 0.6 is 0 Å². The van der Waals surface area contributed by atoms with Gasteiger partial charge in [0.2, 0.25) is 0 Å². The highest BCUT2D eigenvalue weighted by Gasteiger charge is 2.17. The van der Waals surface area contributed by atoms with Gasteiger partial charge < -0.3 is 9.57 Å². The first-order valence-electron chi connectivity index (χ1n) is 4.67. The van der Waals surface area contributed by atoms with Crippen LogP contribution in [-0.2, 0) is 9.57 Å². The van der Waals surface area contributed by atoms with Gasteiger partial charge in [-0.2, -0.15) is 0 Å². The summed E-state index contributed by atoms with van der Waals surface area (Å²) in [5, 5.41) is 1.57. The molecule has 1 aromatic rings. The van der Waals surface area contributed by atoms with Crippen LogP contribution in [0.15, 0.2) is 18.6 Å². The zero-order valence-corrected chi connectivity index (χ0v) is 8.13. The quantitative estimate of drug-likeness (QED) is 0.676. The number of morpholine rings is 1. The fourth-order valence-electron chi connectivity index (χ4n) is 1.21. The van der Waals surface area contributed by atoms with Gasteiger partial charge in [-0.05, 0) is 0 Å². The summed E-state index contributed by atoms with van der Waals surface area (Å²) < 4.78 is 5.13. The molecule has 0 spiro atoms. The monoisotopic (exact) mass is 209 g/mol. The molecule has 0 atom stereocenters. The van der Waals surface area contributed by atoms with Crippen LogP contribution in [-0.4, -0.2) is 47.3 Å². The van der Waals surface area contributed by atoms with Gasteiger partial charge in [0.05, 0.1) is 32.5 Å². The Morgan fingerprint density at radius 2 is 2.20 bits per heavy atom. The Morgan fingerprint density at radius 3 is 2.87 bits per heavy atom. The lowest BCUT2D eigenvalue weighted by atomic mass is 10.5. The van der Waals surface area contributed by atoms with E-state index >= 15 is 0 Å². The van der Waals surface area contributed by atoms with Gasteiger partial charge in [-0.1, -0.05) is 0 Å². The first-order valence-corrected chi connectivity index (χ1v) is 4.67. The highest BCUT2D eigenvalue weighted by Crippen LogP contribution is 2.01. The number of hydrogen-bond acceptors (Lipinski definition) is 6. The lowest BCUT2D eigenvalue weighted by Gasteiger charge is -2.24. The Kier molecular flexibility index (Phi) is 3.21. The summed E-state index contributed by atoms with van der Waals surface area (Å²) in [7, 11) is 0. The van der Waals surface area contributed by atoms with Crippen molar-refractivity contribution in [3.63, 3.8) is 0 Å². The molecule has 80 valence electrons. The molecule has 1 aliphatic heterocycles. The second kappa shape index (κ2) is 4.81. The van der Waals surface area contributed by atoms with Crippen molar-refractivity contribution in [1.29, 1.82) is 0 Å². The molecule has 0 aromatic carbocycles. The number of hydroxylamine groups is 2. The van der Waals surface area contributed by atoms with Crippen LogP contribution in [0.1, 0.15) is 10.5 Å². The van der Waals surface area contributed by atoms with Gasteiger partial charge in [-0.25, -0.2) is 9.78 Å². The van der Waals surface area contributed by atoms with E-state index in [0.29, 0.717) is 26.3 Å². The third-order valence-corrected chi connectivity index (χ3v) is 1.95. The maximum Gasteiger partial charge on any atom is 0.377 e. The smallest absolute Gasteiger partial charge is 0.377 e. The highest BCUT2D eigenvalue weighted by molar-refractivity contribution is 5.86. The Morgan fingerprint density at radius 1 is 1.40 bits per heavy atom. The van der Waals surface area contributed by atoms with Crippen LogP contribution in [0, 0.1) is 0 Å². The highest BCUT2D eigenvalue weighted by atomic mass is 16.7. The SMILES string of the molecule is O=C(ON1CCOCC1)c1cnccn1. The van der Waals surface area contributed by atoms with Crippen molar-refractivity contribution in [2.75, 3.05) is 26.3 Å². The fourth-order valence-corrected chi connectivity index (χ4v) is 1.21. The van der Waals surface area contributed by atoms with Crippen LogP contribution in [0.2, 0.25) is 0 Å². The van der Waals surface area contributed by atoms with Crippen molar-refractivity contribution >= 4 is 5.97 Å². The molecule has 0 radical (unpaired) electrons. The Balaban J connectivity index is 1.91. The van der Waals surface area contributed by atoms with Crippen molar-refractivity contribution in [2.45, 2.75) is 0 Å². The van der Waals surface area contributed by atoms with Crippen LogP contribution in [0.5, 0.6) is 0 Å². The number of rotatable bonds is 2. The molecule has 2 heterocycles. The zero-order chi connectivity index (χ0) is 10.5. The zero-order valence-electron chi connectivity index (χ0n) is 8.13. The van der Waals surface area contributed by atoms with Gasteiger partial charge in [0, 0.05) is 12.4 Å². The molecule has 1 aliphatic rings. The Hall–Kier alpha value is -1.53. The van der Waals surface area contributed by atoms with E-state index in [2.05, 4.69) is 9.97 Å². The van der Waals surface area contributed by atoms with E-state index in [1.807, 2.05) is 0 Å². The maximum atomic E-state index is 11.5. The predicted molar refractivity (Wildman–Crippen MR) is 49.8 cm³/mol. The van der Waals surface area contributed by atoms with E-state index in [1.54, 1.807) is 5.06 Å². The summed E-state index contributed by atoms with van der Waals surface area (Å²) in [6.07, 6.45) is 4.34. The number of aromatic nitrogens is 2. The average molecular weight is 209 g/mol. The van der Waals surface area contributed by atoms with Crippen molar-refractivity contribution in [1.82, 2.24) is 15.0 Å². The molecule has 0 N–H and O–H groups in total. The van der Waals surface area contributed by atoms with E-state index in [0.717, 1.165) is 0 Å². The molecule has 0 aliphatic carbocycles. The van der Waals surface area contributed by atoms with Gasteiger partial charge in [-0.3, -0.25) is 4.98 Å². The van der Waals surface area contributed by atoms with Crippen molar-refractivity contribution < 1.29 is 14.4 Å². The van der Waals surface area contributed by atoms with Crippen molar-refractivity contribution in [3.05, 3.63) is 24.3 Å². The normalized spacial score (nSPS) is 17.3. The molecule has 1 aromatic heterocycles. The van der Waals surface area contributed by atoms with Crippen LogP contribution in [0.3, 0.4) is 0 Å². The number of carbonyl (C=O) groups is 1. The molecule has 0 bridgehead atoms. The molecule has 1 saturated heterocycles. The minimum atomic E-state index is -0.481. The molecular formula is C9H11N3O3. The topological polar surface area (TPSA) is 64.5 Å². The van der Waals surface area contributed by atoms with E-state index in [1.165, 1.54) is 18.6 Å². The lowest BCUT2D eigenvalue weighted by molar-refractivity contribution is -0.151. The number of ether oxygens (including phenoxy) is 1. The summed E-state index contributed by atoms with van der Waals surface area (Å²) in [6.45, 7) is 2.33. The molecule has 6 heteroatoms. The summed E-state index contributed by atoms with van der Waals surface area (Å²) in [5.74, 6) is -0.481. The average Bonchev–Trinajstić information content (AvgIpc) is 2.31. The maximum absolute atomic E-state index is 11.5. The number of hydrogen-bond donors (Lipinski definition) is 0. The minimum Gasteiger partial charge on any atom is -0.379 e. The standard InChI is InChI=1S/C9H11N3O3/c13-9(8-7-10-1-2-11-8)15-12-3-5-14-6-4-12/h1-2,7H,3-6H2. The third kappa shape index (κ3) is 2.71. The van der Waals surface area contributed by atoms with Crippen molar-refractivity contribution in [3.8, 4) is 0 Å². The molecule has 0 saturated carbocycles. The van der Waals surface area contributed by atoms with Crippen LogP contribution in [0.25, 0.3) is 0 Å². The van der Waals surface area contributed by atoms with E-state index in [-0.39, 0.29) is 5.69 Å². The van der Waals surface area contributed by atoms with Crippen LogP contribution in [0.4, 0.5) is 0 Å². The van der Waals surface area contributed by atoms with Crippen molar-refractivity contribution in [2.24, 2.45) is 0 Å². The summed E-state index contributed by atoms with van der Waals surface area (Å²) >= 11 is 0. The second-order valence-electron chi connectivity index (χ2n) is 3.01. The van der Waals surface area contributed by atoms with Gasteiger partial charge >= 0.3 is 5.97 Å². The number of nitrogens with zero attached hydrogens (tertiary/aromatic N) is 3.